The van der Waals surface area contributed by atoms with E-state index in [0.29, 0.717) is 38.5 Å². The number of hydrogen-bond donors (Lipinski definition) is 0. The van der Waals surface area contributed by atoms with Crippen LogP contribution in [-0.2, 0) is 4.79 Å². The molecule has 0 fully saturated rings. The molecule has 146 valence electrons. The molecule has 0 radical (unpaired) electrons. The van der Waals surface area contributed by atoms with Crippen molar-refractivity contribution in [3.05, 3.63) is 81.0 Å². The number of rotatable bonds is 3. The Bertz CT molecular complexity index is 1190. The lowest BCUT2D eigenvalue weighted by molar-refractivity contribution is -0.114. The largest absolute Gasteiger partial charge is 0.457 e. The van der Waals surface area contributed by atoms with Gasteiger partial charge in [-0.05, 0) is 68.3 Å². The molecule has 2 heterocycles. The number of halogens is 2. The Morgan fingerprint density at radius 3 is 2.38 bits per heavy atom. The van der Waals surface area contributed by atoms with Crippen LogP contribution < -0.4 is 5.01 Å². The average molecular weight is 425 g/mol. The zero-order valence-electron chi connectivity index (χ0n) is 16.2. The summed E-state index contributed by atoms with van der Waals surface area (Å²) in [5.41, 5.74) is 4.43. The van der Waals surface area contributed by atoms with Gasteiger partial charge in [-0.25, -0.2) is 0 Å². The second kappa shape index (κ2) is 7.54. The molecule has 0 atom stereocenters. The number of carbonyl (C=O) groups is 1. The summed E-state index contributed by atoms with van der Waals surface area (Å²) in [6, 6.07) is 14.8. The van der Waals surface area contributed by atoms with Crippen LogP contribution in [0, 0.1) is 13.8 Å². The van der Waals surface area contributed by atoms with Gasteiger partial charge in [0.05, 0.1) is 17.0 Å². The highest BCUT2D eigenvalue weighted by Gasteiger charge is 2.30. The van der Waals surface area contributed by atoms with E-state index in [2.05, 4.69) is 5.10 Å². The van der Waals surface area contributed by atoms with Gasteiger partial charge in [0.2, 0.25) is 0 Å². The first-order valence-corrected chi connectivity index (χ1v) is 9.84. The number of benzene rings is 2. The van der Waals surface area contributed by atoms with Crippen LogP contribution >= 0.6 is 23.2 Å². The number of anilines is 1. The fraction of sp³-hybridized carbons (Fsp3) is 0.130. The first-order valence-electron chi connectivity index (χ1n) is 9.09. The lowest BCUT2D eigenvalue weighted by atomic mass is 10.1. The highest BCUT2D eigenvalue weighted by atomic mass is 35.5. The fourth-order valence-electron chi connectivity index (χ4n) is 3.26. The lowest BCUT2D eigenvalue weighted by Crippen LogP contribution is -2.22. The van der Waals surface area contributed by atoms with Crippen molar-refractivity contribution < 1.29 is 9.21 Å². The first kappa shape index (κ1) is 19.5. The second-order valence-corrected chi connectivity index (χ2v) is 7.67. The summed E-state index contributed by atoms with van der Waals surface area (Å²) < 4.78 is 5.97. The van der Waals surface area contributed by atoms with E-state index in [-0.39, 0.29) is 5.91 Å². The Morgan fingerprint density at radius 2 is 1.62 bits per heavy atom. The number of amides is 1. The Labute approximate surface area is 179 Å². The third kappa shape index (κ3) is 3.50. The van der Waals surface area contributed by atoms with Crippen molar-refractivity contribution in [2.45, 2.75) is 20.8 Å². The molecule has 0 aliphatic carbocycles. The summed E-state index contributed by atoms with van der Waals surface area (Å²) >= 11 is 12.4. The van der Waals surface area contributed by atoms with Crippen molar-refractivity contribution in [3.8, 4) is 11.3 Å². The van der Waals surface area contributed by atoms with Gasteiger partial charge >= 0.3 is 0 Å². The molecule has 29 heavy (non-hydrogen) atoms. The average Bonchev–Trinajstić information content (AvgIpc) is 3.26. The molecule has 1 aliphatic heterocycles. The molecular formula is C23H18Cl2N2O2. The molecular weight excluding hydrogens is 407 g/mol. The number of furan rings is 1. The monoisotopic (exact) mass is 424 g/mol. The van der Waals surface area contributed by atoms with E-state index in [1.165, 1.54) is 5.01 Å². The van der Waals surface area contributed by atoms with Crippen LogP contribution in [0.4, 0.5) is 5.69 Å². The van der Waals surface area contributed by atoms with E-state index in [4.69, 9.17) is 27.6 Å². The van der Waals surface area contributed by atoms with Crippen molar-refractivity contribution in [3.63, 3.8) is 0 Å². The van der Waals surface area contributed by atoms with Crippen LogP contribution in [0.1, 0.15) is 23.8 Å². The van der Waals surface area contributed by atoms with Gasteiger partial charge in [0.25, 0.3) is 5.91 Å². The Kier molecular flexibility index (Phi) is 5.07. The van der Waals surface area contributed by atoms with Crippen molar-refractivity contribution in [1.29, 1.82) is 0 Å². The summed E-state index contributed by atoms with van der Waals surface area (Å²) in [6.45, 7) is 5.61. The van der Waals surface area contributed by atoms with Crippen molar-refractivity contribution in [1.82, 2.24) is 0 Å². The molecule has 1 aromatic heterocycles. The van der Waals surface area contributed by atoms with E-state index < -0.39 is 0 Å². The third-order valence-electron chi connectivity index (χ3n) is 4.98. The minimum atomic E-state index is -0.218. The SMILES string of the molecule is CC1=NN(c2cccc(Cl)c2C)C(=O)/C1=C\c1ccc(-c2cccc(Cl)c2C)o1. The number of hydrogen-bond acceptors (Lipinski definition) is 3. The van der Waals surface area contributed by atoms with Crippen LogP contribution in [0.15, 0.2) is 63.6 Å². The zero-order chi connectivity index (χ0) is 20.7. The van der Waals surface area contributed by atoms with Gasteiger partial charge in [-0.3, -0.25) is 4.79 Å². The molecule has 0 unspecified atom stereocenters. The molecule has 0 bridgehead atoms. The number of nitrogens with zero attached hydrogens (tertiary/aromatic N) is 2. The van der Waals surface area contributed by atoms with Gasteiger partial charge in [-0.15, -0.1) is 0 Å². The molecule has 4 nitrogen and oxygen atoms in total. The van der Waals surface area contributed by atoms with Crippen LogP contribution in [-0.4, -0.2) is 11.6 Å². The molecule has 1 aliphatic rings. The normalized spacial score (nSPS) is 15.3. The van der Waals surface area contributed by atoms with Crippen molar-refractivity contribution in [2.75, 3.05) is 5.01 Å². The first-order chi connectivity index (χ1) is 13.9. The quantitative estimate of drug-likeness (QED) is 0.440. The predicted octanol–water partition coefficient (Wildman–Crippen LogP) is 6.68. The number of carbonyl (C=O) groups excluding carboxylic acids is 1. The summed E-state index contributed by atoms with van der Waals surface area (Å²) in [7, 11) is 0. The molecule has 6 heteroatoms. The van der Waals surface area contributed by atoms with E-state index >= 15 is 0 Å². The van der Waals surface area contributed by atoms with Gasteiger partial charge in [-0.2, -0.15) is 10.1 Å². The highest BCUT2D eigenvalue weighted by molar-refractivity contribution is 6.34. The maximum atomic E-state index is 13.0. The Balaban J connectivity index is 1.67. The summed E-state index contributed by atoms with van der Waals surface area (Å²) in [5, 5.41) is 7.08. The van der Waals surface area contributed by atoms with Gasteiger partial charge < -0.3 is 4.42 Å². The molecule has 0 saturated carbocycles. The van der Waals surface area contributed by atoms with E-state index in [1.54, 1.807) is 25.1 Å². The standard InChI is InChI=1S/C23H18Cl2N2O2/c1-13-17(6-4-7-19(13)24)22-11-10-16(29-22)12-18-15(3)26-27(23(18)28)21-9-5-8-20(25)14(21)2/h4-12H,1-3H3/b18-12-. The topological polar surface area (TPSA) is 45.8 Å². The van der Waals surface area contributed by atoms with E-state index in [1.807, 2.05) is 50.2 Å². The minimum absolute atomic E-state index is 0.218. The van der Waals surface area contributed by atoms with E-state index in [9.17, 15) is 4.79 Å². The third-order valence-corrected chi connectivity index (χ3v) is 5.80. The smallest absolute Gasteiger partial charge is 0.280 e. The van der Waals surface area contributed by atoms with Gasteiger partial charge in [0.1, 0.15) is 11.5 Å². The maximum Gasteiger partial charge on any atom is 0.280 e. The van der Waals surface area contributed by atoms with Crippen LogP contribution in [0.25, 0.3) is 17.4 Å². The predicted molar refractivity (Wildman–Crippen MR) is 119 cm³/mol. The summed E-state index contributed by atoms with van der Waals surface area (Å²) in [4.78, 5) is 13.0. The molecule has 1 amide bonds. The van der Waals surface area contributed by atoms with Crippen LogP contribution in [0.2, 0.25) is 10.0 Å². The molecule has 4 rings (SSSR count). The van der Waals surface area contributed by atoms with Crippen LogP contribution in [0.5, 0.6) is 0 Å². The van der Waals surface area contributed by atoms with Crippen LogP contribution in [0.3, 0.4) is 0 Å². The van der Waals surface area contributed by atoms with Gasteiger partial charge in [0.15, 0.2) is 0 Å². The Morgan fingerprint density at radius 1 is 0.931 bits per heavy atom. The maximum absolute atomic E-state index is 13.0. The van der Waals surface area contributed by atoms with Crippen molar-refractivity contribution in [2.24, 2.45) is 5.10 Å². The molecule has 3 aromatic rings. The number of hydrazone groups is 1. The second-order valence-electron chi connectivity index (χ2n) is 6.86. The zero-order valence-corrected chi connectivity index (χ0v) is 17.7. The van der Waals surface area contributed by atoms with E-state index in [0.717, 1.165) is 16.7 Å². The summed E-state index contributed by atoms with van der Waals surface area (Å²) in [5.74, 6) is 1.05. The highest BCUT2D eigenvalue weighted by Crippen LogP contribution is 2.33. The van der Waals surface area contributed by atoms with Gasteiger partial charge in [0, 0.05) is 15.6 Å². The molecule has 0 N–H and O–H groups in total. The minimum Gasteiger partial charge on any atom is -0.457 e. The van der Waals surface area contributed by atoms with Crippen molar-refractivity contribution >= 4 is 46.6 Å². The molecule has 2 aromatic carbocycles. The lowest BCUT2D eigenvalue weighted by Gasteiger charge is -2.15. The molecule has 0 saturated heterocycles. The Hall–Kier alpha value is -2.82. The van der Waals surface area contributed by atoms with Gasteiger partial charge in [-0.1, -0.05) is 41.4 Å². The molecule has 0 spiro atoms. The summed E-state index contributed by atoms with van der Waals surface area (Å²) in [6.07, 6.45) is 1.71. The fourth-order valence-corrected chi connectivity index (χ4v) is 3.61.